The van der Waals surface area contributed by atoms with Crippen molar-refractivity contribution in [2.24, 2.45) is 5.73 Å². The van der Waals surface area contributed by atoms with Crippen LogP contribution < -0.4 is 11.1 Å². The summed E-state index contributed by atoms with van der Waals surface area (Å²) in [5.41, 5.74) is 7.60. The lowest BCUT2D eigenvalue weighted by molar-refractivity contribution is 0.1000. The summed E-state index contributed by atoms with van der Waals surface area (Å²) in [6, 6.07) is 10.0. The minimum Gasteiger partial charge on any atom is -0.366 e. The minimum atomic E-state index is -0.632. The number of benzene rings is 1. The molecule has 0 saturated carbocycles. The molecule has 0 fully saturated rings. The first kappa shape index (κ1) is 14.1. The molecule has 1 aromatic heterocycles. The summed E-state index contributed by atoms with van der Waals surface area (Å²) in [6.07, 6.45) is 0. The average Bonchev–Trinajstić information content (AvgIpc) is 2.40. The number of amides is 1. The number of rotatable bonds is 5. The third kappa shape index (κ3) is 3.61. The van der Waals surface area contributed by atoms with Crippen LogP contribution in [0.2, 0.25) is 0 Å². The Kier molecular flexibility index (Phi) is 4.42. The smallest absolute Gasteiger partial charge is 0.248 e. The zero-order valence-electron chi connectivity index (χ0n) is 11.2. The molecule has 1 heterocycles. The number of carbonyl (C=O) groups is 1. The highest BCUT2D eigenvalue weighted by molar-refractivity contribution is 5.92. The second-order valence-electron chi connectivity index (χ2n) is 4.54. The van der Waals surface area contributed by atoms with E-state index in [9.17, 15) is 9.18 Å². The quantitative estimate of drug-likeness (QED) is 0.874. The lowest BCUT2D eigenvalue weighted by Gasteiger charge is -2.07. The van der Waals surface area contributed by atoms with Gasteiger partial charge < -0.3 is 11.1 Å². The van der Waals surface area contributed by atoms with Crippen LogP contribution in [0.4, 0.5) is 4.39 Å². The van der Waals surface area contributed by atoms with Crippen LogP contribution in [-0.2, 0) is 13.1 Å². The van der Waals surface area contributed by atoms with Gasteiger partial charge in [0.05, 0.1) is 5.69 Å². The lowest BCUT2D eigenvalue weighted by atomic mass is 10.1. The highest BCUT2D eigenvalue weighted by atomic mass is 19.1. The van der Waals surface area contributed by atoms with Crippen LogP contribution >= 0.6 is 0 Å². The largest absolute Gasteiger partial charge is 0.366 e. The molecule has 20 heavy (non-hydrogen) atoms. The average molecular weight is 273 g/mol. The van der Waals surface area contributed by atoms with Crippen molar-refractivity contribution in [1.82, 2.24) is 10.3 Å². The Morgan fingerprint density at radius 1 is 1.30 bits per heavy atom. The molecule has 3 N–H and O–H groups in total. The van der Waals surface area contributed by atoms with Crippen molar-refractivity contribution < 1.29 is 9.18 Å². The maximum Gasteiger partial charge on any atom is 0.248 e. The van der Waals surface area contributed by atoms with Crippen LogP contribution in [0.3, 0.4) is 0 Å². The molecule has 5 heteroatoms. The van der Waals surface area contributed by atoms with Crippen LogP contribution in [0, 0.1) is 12.7 Å². The Labute approximate surface area is 116 Å². The molecule has 0 aliphatic rings. The van der Waals surface area contributed by atoms with Crippen molar-refractivity contribution >= 4 is 5.91 Å². The number of hydrogen-bond donors (Lipinski definition) is 2. The van der Waals surface area contributed by atoms with Gasteiger partial charge in [0.1, 0.15) is 5.82 Å². The second kappa shape index (κ2) is 6.25. The summed E-state index contributed by atoms with van der Waals surface area (Å²) in [5, 5.41) is 3.12. The van der Waals surface area contributed by atoms with Gasteiger partial charge in [-0.05, 0) is 31.2 Å². The van der Waals surface area contributed by atoms with Crippen LogP contribution in [0.5, 0.6) is 0 Å². The van der Waals surface area contributed by atoms with Gasteiger partial charge >= 0.3 is 0 Å². The van der Waals surface area contributed by atoms with Crippen molar-refractivity contribution in [1.29, 1.82) is 0 Å². The molecule has 4 nitrogen and oxygen atoms in total. The summed E-state index contributed by atoms with van der Waals surface area (Å²) < 4.78 is 13.7. The first-order chi connectivity index (χ1) is 9.56. The Morgan fingerprint density at radius 3 is 2.75 bits per heavy atom. The zero-order chi connectivity index (χ0) is 14.5. The standard InChI is InChI=1S/C15H16FN3O/c1-10-3-2-4-13(19-10)9-18-8-12-6-5-11(15(17)20)7-14(12)16/h2-7,18H,8-9H2,1H3,(H2,17,20). The number of nitrogens with zero attached hydrogens (tertiary/aromatic N) is 1. The molecule has 0 aliphatic heterocycles. The Balaban J connectivity index is 1.96. The number of nitrogens with two attached hydrogens (primary N) is 1. The molecule has 0 atom stereocenters. The van der Waals surface area contributed by atoms with E-state index < -0.39 is 11.7 Å². The van der Waals surface area contributed by atoms with E-state index in [0.717, 1.165) is 17.5 Å². The topological polar surface area (TPSA) is 68.0 Å². The first-order valence-electron chi connectivity index (χ1n) is 6.28. The van der Waals surface area contributed by atoms with Crippen LogP contribution in [-0.4, -0.2) is 10.9 Å². The fourth-order valence-corrected chi connectivity index (χ4v) is 1.87. The molecular formula is C15H16FN3O. The molecule has 0 spiro atoms. The normalized spacial score (nSPS) is 10.5. The predicted octanol–water partition coefficient (Wildman–Crippen LogP) is 1.92. The van der Waals surface area contributed by atoms with Gasteiger partial charge in [0.15, 0.2) is 0 Å². The van der Waals surface area contributed by atoms with Gasteiger partial charge in [-0.1, -0.05) is 12.1 Å². The Morgan fingerprint density at radius 2 is 2.10 bits per heavy atom. The fraction of sp³-hybridized carbons (Fsp3) is 0.200. The molecule has 0 saturated heterocycles. The minimum absolute atomic E-state index is 0.173. The zero-order valence-corrected chi connectivity index (χ0v) is 11.2. The van der Waals surface area contributed by atoms with Gasteiger partial charge in [0.25, 0.3) is 0 Å². The molecule has 2 rings (SSSR count). The fourth-order valence-electron chi connectivity index (χ4n) is 1.87. The monoisotopic (exact) mass is 273 g/mol. The molecule has 0 bridgehead atoms. The molecule has 0 unspecified atom stereocenters. The number of halogens is 1. The van der Waals surface area contributed by atoms with Crippen molar-refractivity contribution in [3.8, 4) is 0 Å². The van der Waals surface area contributed by atoms with Crippen molar-refractivity contribution in [2.45, 2.75) is 20.0 Å². The molecular weight excluding hydrogens is 257 g/mol. The second-order valence-corrected chi connectivity index (χ2v) is 4.54. The van der Waals surface area contributed by atoms with Crippen LogP contribution in [0.25, 0.3) is 0 Å². The molecule has 1 amide bonds. The van der Waals surface area contributed by atoms with Gasteiger partial charge in [-0.2, -0.15) is 0 Å². The van der Waals surface area contributed by atoms with Crippen LogP contribution in [0.1, 0.15) is 27.3 Å². The SMILES string of the molecule is Cc1cccc(CNCc2ccc(C(N)=O)cc2F)n1. The predicted molar refractivity (Wildman–Crippen MR) is 74.4 cm³/mol. The van der Waals surface area contributed by atoms with E-state index in [4.69, 9.17) is 5.73 Å². The number of primary amides is 1. The molecule has 104 valence electrons. The molecule has 0 radical (unpaired) electrons. The highest BCUT2D eigenvalue weighted by Crippen LogP contribution is 2.10. The highest BCUT2D eigenvalue weighted by Gasteiger charge is 2.06. The van der Waals surface area contributed by atoms with Crippen molar-refractivity contribution in [2.75, 3.05) is 0 Å². The summed E-state index contributed by atoms with van der Waals surface area (Å²) in [5.74, 6) is -1.07. The van der Waals surface area contributed by atoms with E-state index in [-0.39, 0.29) is 5.56 Å². The van der Waals surface area contributed by atoms with E-state index in [1.165, 1.54) is 6.07 Å². The van der Waals surface area contributed by atoms with E-state index in [1.54, 1.807) is 6.07 Å². The van der Waals surface area contributed by atoms with Crippen molar-refractivity contribution in [3.63, 3.8) is 0 Å². The summed E-state index contributed by atoms with van der Waals surface area (Å²) >= 11 is 0. The first-order valence-corrected chi connectivity index (χ1v) is 6.28. The Bertz CT molecular complexity index is 628. The molecule has 2 aromatic rings. The van der Waals surface area contributed by atoms with Gasteiger partial charge in [-0.25, -0.2) is 4.39 Å². The van der Waals surface area contributed by atoms with Crippen molar-refractivity contribution in [3.05, 3.63) is 64.7 Å². The van der Waals surface area contributed by atoms with Crippen LogP contribution in [0.15, 0.2) is 36.4 Å². The van der Waals surface area contributed by atoms with E-state index in [0.29, 0.717) is 18.7 Å². The number of nitrogens with one attached hydrogen (secondary N) is 1. The van der Waals surface area contributed by atoms with E-state index >= 15 is 0 Å². The third-order valence-electron chi connectivity index (χ3n) is 2.91. The summed E-state index contributed by atoms with van der Waals surface area (Å²) in [6.45, 7) is 2.84. The molecule has 1 aromatic carbocycles. The van der Waals surface area contributed by atoms with E-state index in [1.807, 2.05) is 25.1 Å². The van der Waals surface area contributed by atoms with Gasteiger partial charge in [0, 0.05) is 29.9 Å². The maximum absolute atomic E-state index is 13.7. The van der Waals surface area contributed by atoms with Gasteiger partial charge in [-0.3, -0.25) is 9.78 Å². The number of aryl methyl sites for hydroxylation is 1. The third-order valence-corrected chi connectivity index (χ3v) is 2.91. The summed E-state index contributed by atoms with van der Waals surface area (Å²) in [4.78, 5) is 15.3. The lowest BCUT2D eigenvalue weighted by Crippen LogP contribution is -2.16. The van der Waals surface area contributed by atoms with Gasteiger partial charge in [0.2, 0.25) is 5.91 Å². The summed E-state index contributed by atoms with van der Waals surface area (Å²) in [7, 11) is 0. The molecule has 0 aliphatic carbocycles. The number of pyridine rings is 1. The van der Waals surface area contributed by atoms with E-state index in [2.05, 4.69) is 10.3 Å². The maximum atomic E-state index is 13.7. The number of hydrogen-bond acceptors (Lipinski definition) is 3. The Hall–Kier alpha value is -2.27. The number of carbonyl (C=O) groups excluding carboxylic acids is 1. The van der Waals surface area contributed by atoms with Gasteiger partial charge in [-0.15, -0.1) is 0 Å². The number of aromatic nitrogens is 1.